The zero-order valence-corrected chi connectivity index (χ0v) is 12.5. The van der Waals surface area contributed by atoms with Gasteiger partial charge < -0.3 is 19.9 Å². The number of nitrogens with zero attached hydrogens (tertiary/aromatic N) is 3. The molecule has 0 fully saturated rings. The summed E-state index contributed by atoms with van der Waals surface area (Å²) < 4.78 is 7.20. The van der Waals surface area contributed by atoms with Crippen LogP contribution in [0.15, 0.2) is 35.4 Å². The number of nitrogens with two attached hydrogens (primary N) is 1. The zero-order chi connectivity index (χ0) is 15.4. The molecular formula is C15H20N4O2. The van der Waals surface area contributed by atoms with Crippen LogP contribution in [0.25, 0.3) is 0 Å². The van der Waals surface area contributed by atoms with Crippen LogP contribution in [0, 0.1) is 0 Å². The van der Waals surface area contributed by atoms with Crippen molar-refractivity contribution in [2.45, 2.75) is 19.9 Å². The Balaban J connectivity index is 2.36. The van der Waals surface area contributed by atoms with E-state index in [-0.39, 0.29) is 11.4 Å². The summed E-state index contributed by atoms with van der Waals surface area (Å²) >= 11 is 0. The Hall–Kier alpha value is -2.50. The van der Waals surface area contributed by atoms with E-state index < -0.39 is 0 Å². The van der Waals surface area contributed by atoms with Crippen LogP contribution in [0.4, 0.5) is 11.4 Å². The van der Waals surface area contributed by atoms with E-state index in [1.165, 1.54) is 0 Å². The number of benzene rings is 1. The Labute approximate surface area is 123 Å². The van der Waals surface area contributed by atoms with Crippen LogP contribution in [0.1, 0.15) is 13.3 Å². The van der Waals surface area contributed by atoms with Crippen LogP contribution in [0.2, 0.25) is 0 Å². The van der Waals surface area contributed by atoms with Gasteiger partial charge >= 0.3 is 5.56 Å². The number of aryl methyl sites for hydroxylation is 1. The van der Waals surface area contributed by atoms with Crippen LogP contribution in [0.5, 0.6) is 11.6 Å². The van der Waals surface area contributed by atoms with Crippen LogP contribution in [-0.4, -0.2) is 23.6 Å². The van der Waals surface area contributed by atoms with E-state index in [4.69, 9.17) is 10.5 Å². The van der Waals surface area contributed by atoms with Crippen molar-refractivity contribution < 1.29 is 4.74 Å². The average molecular weight is 288 g/mol. The molecular weight excluding hydrogens is 268 g/mol. The molecule has 2 rings (SSSR count). The molecule has 0 aliphatic carbocycles. The number of hydrogen-bond acceptors (Lipinski definition) is 5. The van der Waals surface area contributed by atoms with Crippen molar-refractivity contribution in [2.75, 3.05) is 24.7 Å². The number of rotatable bonds is 5. The lowest BCUT2D eigenvalue weighted by atomic mass is 10.2. The topological polar surface area (TPSA) is 73.4 Å². The summed E-state index contributed by atoms with van der Waals surface area (Å²) in [6.07, 6.45) is 4.07. The molecule has 0 aliphatic rings. The lowest BCUT2D eigenvalue weighted by molar-refractivity contribution is 0.445. The smallest absolute Gasteiger partial charge is 0.313 e. The molecule has 112 valence electrons. The third-order valence-electron chi connectivity index (χ3n) is 3.07. The molecule has 1 heterocycles. The number of aromatic nitrogens is 2. The van der Waals surface area contributed by atoms with Crippen LogP contribution < -0.4 is 20.9 Å². The molecule has 0 radical (unpaired) electrons. The monoisotopic (exact) mass is 288 g/mol. The van der Waals surface area contributed by atoms with Crippen molar-refractivity contribution in [1.82, 2.24) is 9.55 Å². The Morgan fingerprint density at radius 1 is 1.38 bits per heavy atom. The minimum absolute atomic E-state index is 0.0357. The Morgan fingerprint density at radius 3 is 2.81 bits per heavy atom. The fourth-order valence-corrected chi connectivity index (χ4v) is 1.91. The second kappa shape index (κ2) is 6.30. The molecule has 0 saturated heterocycles. The Morgan fingerprint density at radius 2 is 2.14 bits per heavy atom. The SMILES string of the molecule is CCCn1ccnc(Oc2cc(N(C)C)ccc2N)c1=O. The van der Waals surface area contributed by atoms with Gasteiger partial charge in [0.15, 0.2) is 5.75 Å². The van der Waals surface area contributed by atoms with Gasteiger partial charge in [0.2, 0.25) is 0 Å². The van der Waals surface area contributed by atoms with Gasteiger partial charge in [-0.25, -0.2) is 4.98 Å². The molecule has 2 N–H and O–H groups in total. The third-order valence-corrected chi connectivity index (χ3v) is 3.07. The maximum absolute atomic E-state index is 12.2. The van der Waals surface area contributed by atoms with Gasteiger partial charge in [0.25, 0.3) is 5.88 Å². The number of nitrogen functional groups attached to an aromatic ring is 1. The molecule has 6 nitrogen and oxygen atoms in total. The van der Waals surface area contributed by atoms with Crippen molar-refractivity contribution in [1.29, 1.82) is 0 Å². The highest BCUT2D eigenvalue weighted by Gasteiger charge is 2.10. The van der Waals surface area contributed by atoms with Gasteiger partial charge in [0.1, 0.15) is 0 Å². The fourth-order valence-electron chi connectivity index (χ4n) is 1.91. The summed E-state index contributed by atoms with van der Waals surface area (Å²) in [6.45, 7) is 2.64. The molecule has 0 spiro atoms. The lowest BCUT2D eigenvalue weighted by Crippen LogP contribution is -2.21. The molecule has 1 aromatic carbocycles. The van der Waals surface area contributed by atoms with E-state index in [2.05, 4.69) is 4.98 Å². The first-order chi connectivity index (χ1) is 10.0. The van der Waals surface area contributed by atoms with E-state index >= 15 is 0 Å². The molecule has 2 aromatic rings. The fraction of sp³-hybridized carbons (Fsp3) is 0.333. The van der Waals surface area contributed by atoms with Gasteiger partial charge in [0.05, 0.1) is 5.69 Å². The highest BCUT2D eigenvalue weighted by atomic mass is 16.5. The highest BCUT2D eigenvalue weighted by molar-refractivity contribution is 5.62. The summed E-state index contributed by atoms with van der Waals surface area (Å²) in [6, 6.07) is 5.42. The lowest BCUT2D eigenvalue weighted by Gasteiger charge is -2.15. The van der Waals surface area contributed by atoms with Crippen molar-refractivity contribution in [3.05, 3.63) is 40.9 Å². The van der Waals surface area contributed by atoms with Crippen LogP contribution in [-0.2, 0) is 6.54 Å². The van der Waals surface area contributed by atoms with Crippen LogP contribution >= 0.6 is 0 Å². The molecule has 0 saturated carbocycles. The molecule has 0 bridgehead atoms. The van der Waals surface area contributed by atoms with E-state index in [0.29, 0.717) is 18.0 Å². The second-order valence-electron chi connectivity index (χ2n) is 4.95. The van der Waals surface area contributed by atoms with Gasteiger partial charge in [-0.15, -0.1) is 0 Å². The molecule has 0 unspecified atom stereocenters. The second-order valence-corrected chi connectivity index (χ2v) is 4.95. The predicted molar refractivity (Wildman–Crippen MR) is 84.0 cm³/mol. The number of ether oxygens (including phenoxy) is 1. The van der Waals surface area contributed by atoms with Crippen molar-refractivity contribution in [3.63, 3.8) is 0 Å². The number of hydrogen-bond donors (Lipinski definition) is 1. The predicted octanol–water partition coefficient (Wildman–Crippen LogP) is 2.09. The normalized spacial score (nSPS) is 10.4. The largest absolute Gasteiger partial charge is 0.432 e. The Bertz CT molecular complexity index is 680. The third kappa shape index (κ3) is 3.34. The Kier molecular flexibility index (Phi) is 4.47. The van der Waals surface area contributed by atoms with Crippen molar-refractivity contribution in [2.24, 2.45) is 0 Å². The van der Waals surface area contributed by atoms with E-state index in [0.717, 1.165) is 12.1 Å². The van der Waals surface area contributed by atoms with Crippen LogP contribution in [0.3, 0.4) is 0 Å². The van der Waals surface area contributed by atoms with E-state index in [1.807, 2.05) is 32.0 Å². The minimum Gasteiger partial charge on any atom is -0.432 e. The van der Waals surface area contributed by atoms with Gasteiger partial charge in [-0.2, -0.15) is 0 Å². The molecule has 0 atom stereocenters. The summed E-state index contributed by atoms with van der Waals surface area (Å²) in [4.78, 5) is 18.2. The quantitative estimate of drug-likeness (QED) is 0.853. The first kappa shape index (κ1) is 14.9. The standard InChI is InChI=1S/C15H20N4O2/c1-4-8-19-9-7-17-14(15(19)20)21-13-10-11(18(2)3)5-6-12(13)16/h5-7,9-10H,4,8,16H2,1-3H3. The zero-order valence-electron chi connectivity index (χ0n) is 12.5. The summed E-state index contributed by atoms with van der Waals surface area (Å²) in [7, 11) is 3.84. The molecule has 21 heavy (non-hydrogen) atoms. The summed E-state index contributed by atoms with van der Waals surface area (Å²) in [5, 5.41) is 0. The maximum atomic E-state index is 12.2. The molecule has 0 amide bonds. The van der Waals surface area contributed by atoms with Crippen molar-refractivity contribution >= 4 is 11.4 Å². The van der Waals surface area contributed by atoms with Crippen molar-refractivity contribution in [3.8, 4) is 11.6 Å². The van der Waals surface area contributed by atoms with Gasteiger partial charge in [-0.3, -0.25) is 4.79 Å². The average Bonchev–Trinajstić information content (AvgIpc) is 2.45. The summed E-state index contributed by atoms with van der Waals surface area (Å²) in [5.74, 6) is 0.466. The van der Waals surface area contributed by atoms with E-state index in [1.54, 1.807) is 29.1 Å². The maximum Gasteiger partial charge on any atom is 0.313 e. The number of anilines is 2. The molecule has 1 aromatic heterocycles. The van der Waals surface area contributed by atoms with Gasteiger partial charge in [-0.1, -0.05) is 6.92 Å². The molecule has 6 heteroatoms. The molecule has 0 aliphatic heterocycles. The van der Waals surface area contributed by atoms with Gasteiger partial charge in [-0.05, 0) is 18.6 Å². The first-order valence-electron chi connectivity index (χ1n) is 6.83. The highest BCUT2D eigenvalue weighted by Crippen LogP contribution is 2.29. The first-order valence-corrected chi connectivity index (χ1v) is 6.83. The van der Waals surface area contributed by atoms with E-state index in [9.17, 15) is 4.79 Å². The van der Waals surface area contributed by atoms with Gasteiger partial charge in [0, 0.05) is 44.8 Å². The minimum atomic E-state index is -0.256. The summed E-state index contributed by atoms with van der Waals surface area (Å²) in [5.41, 5.74) is 7.05.